The summed E-state index contributed by atoms with van der Waals surface area (Å²) in [5, 5.41) is 5.29. The third kappa shape index (κ3) is 29.4. The molecule has 101 heavy (non-hydrogen) atoms. The molecular formula is C76H103BCl4N6NaO13. The van der Waals surface area contributed by atoms with Crippen LogP contribution in [0.25, 0.3) is 0 Å². The van der Waals surface area contributed by atoms with Crippen LogP contribution in [0.3, 0.4) is 0 Å². The van der Waals surface area contributed by atoms with Gasteiger partial charge in [0.05, 0.1) is 35.4 Å². The van der Waals surface area contributed by atoms with Crippen LogP contribution in [0.5, 0.6) is 0 Å². The van der Waals surface area contributed by atoms with Gasteiger partial charge in [0.15, 0.2) is 0 Å². The third-order valence-corrected chi connectivity index (χ3v) is 16.8. The van der Waals surface area contributed by atoms with Crippen LogP contribution in [0.2, 0.25) is 20.1 Å². The van der Waals surface area contributed by atoms with Gasteiger partial charge in [-0.15, -0.1) is 0 Å². The van der Waals surface area contributed by atoms with Gasteiger partial charge < -0.3 is 47.0 Å². The molecule has 25 heteroatoms. The number of piperidine rings is 2. The van der Waals surface area contributed by atoms with Crippen molar-refractivity contribution in [2.45, 2.75) is 219 Å². The van der Waals surface area contributed by atoms with E-state index in [2.05, 4.69) is 95.0 Å². The van der Waals surface area contributed by atoms with E-state index in [9.17, 15) is 38.4 Å². The summed E-state index contributed by atoms with van der Waals surface area (Å²) in [6.45, 7) is 40.7. The first-order valence-corrected chi connectivity index (χ1v) is 35.4. The Bertz CT molecular complexity index is 3480. The van der Waals surface area contributed by atoms with Crippen LogP contribution in [-0.4, -0.2) is 138 Å². The summed E-state index contributed by atoms with van der Waals surface area (Å²) in [4.78, 5) is 117. The topological polar surface area (TPSA) is 229 Å². The van der Waals surface area contributed by atoms with Crippen LogP contribution in [0, 0.1) is 21.7 Å². The van der Waals surface area contributed by atoms with Crippen molar-refractivity contribution in [3.63, 3.8) is 0 Å². The predicted molar refractivity (Wildman–Crippen MR) is 396 cm³/mol. The number of likely N-dealkylation sites (tertiary alicyclic amines) is 1. The normalized spacial score (nSPS) is 16.3. The molecule has 1 N–H and O–H groups in total. The average molecular weight is 1480 g/mol. The van der Waals surface area contributed by atoms with E-state index in [4.69, 9.17) is 65.9 Å². The van der Waals surface area contributed by atoms with Gasteiger partial charge in [0.2, 0.25) is 5.97 Å². The van der Waals surface area contributed by atoms with Gasteiger partial charge in [0, 0.05) is 103 Å². The van der Waals surface area contributed by atoms with Gasteiger partial charge in [-0.3, -0.25) is 24.4 Å². The van der Waals surface area contributed by atoms with Crippen LogP contribution < -0.4 is 34.9 Å². The molecule has 0 aromatic heterocycles. The molecule has 0 aliphatic carbocycles. The van der Waals surface area contributed by atoms with Crippen LogP contribution in [0.1, 0.15) is 238 Å². The number of hydrogen-bond acceptors (Lipinski definition) is 17. The van der Waals surface area contributed by atoms with Gasteiger partial charge in [-0.05, 0) is 155 Å². The number of aliphatic imine (C=N–C) groups is 2. The minimum atomic E-state index is -0.687. The quantitative estimate of drug-likeness (QED) is 0.0384. The van der Waals surface area contributed by atoms with Crippen molar-refractivity contribution in [1.29, 1.82) is 0 Å². The molecule has 2 atom stereocenters. The van der Waals surface area contributed by atoms with Crippen molar-refractivity contribution in [2.75, 3.05) is 32.7 Å². The maximum absolute atomic E-state index is 14.6. The number of nitrogens with zero attached hydrogens (tertiary/aromatic N) is 5. The van der Waals surface area contributed by atoms with Crippen molar-refractivity contribution in [1.82, 2.24) is 20.0 Å². The number of amides is 2. The van der Waals surface area contributed by atoms with Gasteiger partial charge in [-0.25, -0.2) is 29.0 Å². The summed E-state index contributed by atoms with van der Waals surface area (Å²) in [6.07, 6.45) is 6.77. The predicted octanol–water partition coefficient (Wildman–Crippen LogP) is 13.3. The SMILES string of the molecule is CC(=O)OOC(C)=O.CC(C)(C)C=O.CC(C)OC(=O)c1ccc([C@@H](CCC(C)(C)C)N2C(=O)C(c3cc(Cl)cc(Cl)c3)=NC23CCN(CC(C)(C)C)CC3)cc1.CC(C)OC(=O)c1ccc([C@@H](CCC(C)(C)C)N2C(=O)C(c3cc(Cl)cc(Cl)c3)=NC23CCNCC3)cc1.[B-]OC(C)=O.[Na+]. The Morgan fingerprint density at radius 2 is 0.861 bits per heavy atom. The fraction of sp³-hybridized carbons (Fsp3) is 0.553. The Hall–Kier alpha value is -5.68. The summed E-state index contributed by atoms with van der Waals surface area (Å²) in [5.41, 5.74) is 3.86. The minimum Gasteiger partial charge on any atom is -0.793 e. The number of hydrogen-bond donors (Lipinski definition) is 1. The van der Waals surface area contributed by atoms with E-state index in [1.54, 1.807) is 48.5 Å². The summed E-state index contributed by atoms with van der Waals surface area (Å²) >= 11 is 25.4. The number of nitrogens with one attached hydrogen (secondary N) is 1. The van der Waals surface area contributed by atoms with Crippen LogP contribution in [0.15, 0.2) is 94.9 Å². The van der Waals surface area contributed by atoms with E-state index < -0.39 is 29.2 Å². The molecule has 0 saturated carbocycles. The van der Waals surface area contributed by atoms with Crippen molar-refractivity contribution in [3.8, 4) is 0 Å². The molecule has 2 saturated heterocycles. The molecule has 2 spiro atoms. The number of esters is 2. The molecule has 8 rings (SSSR count). The van der Waals surface area contributed by atoms with Gasteiger partial charge in [0.1, 0.15) is 29.0 Å². The number of ether oxygens (including phenoxy) is 2. The molecule has 0 unspecified atom stereocenters. The monoisotopic (exact) mass is 1480 g/mol. The zero-order chi connectivity index (χ0) is 75.5. The first-order chi connectivity index (χ1) is 46.3. The minimum absolute atomic E-state index is 0. The Kier molecular flexibility index (Phi) is 35.0. The van der Waals surface area contributed by atoms with Gasteiger partial charge in [0.25, 0.3) is 11.8 Å². The van der Waals surface area contributed by atoms with Gasteiger partial charge >= 0.3 is 53.4 Å². The maximum atomic E-state index is 14.6. The zero-order valence-electron chi connectivity index (χ0n) is 62.8. The van der Waals surface area contributed by atoms with Crippen LogP contribution >= 0.6 is 46.4 Å². The largest absolute Gasteiger partial charge is 1.00 e. The fourth-order valence-corrected chi connectivity index (χ4v) is 12.6. The van der Waals surface area contributed by atoms with Gasteiger partial charge in [-0.1, -0.05) is 154 Å². The molecule has 4 aliphatic heterocycles. The second-order valence-electron chi connectivity index (χ2n) is 30.8. The first-order valence-electron chi connectivity index (χ1n) is 33.8. The Morgan fingerprint density at radius 1 is 0.545 bits per heavy atom. The number of carbonyl (C=O) groups is 8. The van der Waals surface area contributed by atoms with E-state index in [1.165, 1.54) is 6.92 Å². The number of benzene rings is 4. The van der Waals surface area contributed by atoms with E-state index in [0.29, 0.717) is 66.6 Å². The molecule has 4 aromatic rings. The molecular weight excluding hydrogens is 1380 g/mol. The first kappa shape index (κ1) is 89.5. The molecule has 547 valence electrons. The summed E-state index contributed by atoms with van der Waals surface area (Å²) in [6, 6.07) is 24.9. The number of rotatable bonds is 15. The van der Waals surface area contributed by atoms with Crippen molar-refractivity contribution in [2.24, 2.45) is 31.6 Å². The van der Waals surface area contributed by atoms with Crippen molar-refractivity contribution >= 4 is 114 Å². The van der Waals surface area contributed by atoms with Crippen LogP contribution in [0.4, 0.5) is 0 Å². The summed E-state index contributed by atoms with van der Waals surface area (Å²) in [7, 11) is 4.32. The molecule has 4 aromatic carbocycles. The molecule has 4 heterocycles. The van der Waals surface area contributed by atoms with E-state index in [-0.39, 0.29) is 99.3 Å². The van der Waals surface area contributed by atoms with Crippen LogP contribution in [-0.2, 0) is 52.7 Å². The van der Waals surface area contributed by atoms with E-state index in [0.717, 1.165) is 103 Å². The molecule has 2 fully saturated rings. The summed E-state index contributed by atoms with van der Waals surface area (Å²) < 4.78 is 14.4. The van der Waals surface area contributed by atoms with E-state index >= 15 is 0 Å². The molecule has 3 radical (unpaired) electrons. The second kappa shape index (κ2) is 39.4. The zero-order valence-corrected chi connectivity index (χ0v) is 67.8. The molecule has 19 nitrogen and oxygen atoms in total. The Balaban J connectivity index is 0.000000415. The fourth-order valence-electron chi connectivity index (χ4n) is 11.5. The average Bonchev–Trinajstić information content (AvgIpc) is 1.58. The number of aldehydes is 1. The maximum Gasteiger partial charge on any atom is 1.00 e. The number of halogens is 4. The Morgan fingerprint density at radius 3 is 1.13 bits per heavy atom. The molecule has 0 bridgehead atoms. The van der Waals surface area contributed by atoms with E-state index in [1.807, 2.05) is 94.7 Å². The number of carbonyl (C=O) groups excluding carboxylic acids is 8. The smallest absolute Gasteiger partial charge is 0.793 e. The molecule has 4 aliphatic rings. The van der Waals surface area contributed by atoms with Gasteiger partial charge in [-0.2, -0.15) is 0 Å². The standard InChI is InChI=1S/C35H47Cl2N3O3.C30H37Cl2N3O3.C5H10O.C4H6O4.C2H3BO2.Na/c1-23(2)43-32(42)25-11-9-24(10-12-25)29(13-14-33(3,4)5)40-31(41)30(26-19-27(36)21-28(37)20-26)38-35(40)15-17-39(18-16-35)22-34(6,7)8;1-19(2)38-28(37)21-8-6-20(7-9-21)25(10-11-29(3,4)5)35-27(36)26(22-16-23(31)18-24(32)17-22)34-30(35)12-14-33-15-13-30;1-5(2,3)4-6;1-3(5)7-8-4(2)6;1-2(4)5-3;/h9-12,19-21,23,29H,13-18,22H2,1-8H3;6-9,16-19,25,33H,10-15H2,1-5H3;4H,1-3H3;1-2H3;1H3;/q;;;;-1;+1/t29-;25-;;;;/m11..../s1. The van der Waals surface area contributed by atoms with Crippen molar-refractivity contribution in [3.05, 3.63) is 138 Å². The third-order valence-electron chi connectivity index (χ3n) is 15.9. The summed E-state index contributed by atoms with van der Waals surface area (Å²) in [5.74, 6) is -2.67. The second-order valence-corrected chi connectivity index (χ2v) is 32.5. The van der Waals surface area contributed by atoms with Crippen molar-refractivity contribution < 1.29 is 91.8 Å². The molecule has 2 amide bonds. The Labute approximate surface area is 642 Å².